The Labute approximate surface area is 145 Å². The Kier molecular flexibility index (Phi) is 4.74. The maximum Gasteiger partial charge on any atom is 0.338 e. The van der Waals surface area contributed by atoms with Crippen molar-refractivity contribution in [3.8, 4) is 0 Å². The van der Waals surface area contributed by atoms with Crippen molar-refractivity contribution in [2.24, 2.45) is 22.7 Å². The first-order chi connectivity index (χ1) is 11.3. The van der Waals surface area contributed by atoms with Gasteiger partial charge in [0.15, 0.2) is 0 Å². The van der Waals surface area contributed by atoms with Gasteiger partial charge in [-0.1, -0.05) is 45.4 Å². The smallest absolute Gasteiger partial charge is 0.338 e. The second-order valence-corrected chi connectivity index (χ2v) is 8.62. The Hall–Kier alpha value is -1.35. The Morgan fingerprint density at radius 2 is 1.88 bits per heavy atom. The van der Waals surface area contributed by atoms with Crippen molar-refractivity contribution >= 4 is 5.97 Å². The third-order valence-corrected chi connectivity index (χ3v) is 6.74. The third-order valence-electron chi connectivity index (χ3n) is 6.74. The average Bonchev–Trinajstić information content (AvgIpc) is 2.54. The largest absolute Gasteiger partial charge is 0.462 e. The highest BCUT2D eigenvalue weighted by Gasteiger charge is 2.54. The van der Waals surface area contributed by atoms with Gasteiger partial charge in [0, 0.05) is 5.92 Å². The number of ether oxygens (including phenoxy) is 1. The van der Waals surface area contributed by atoms with E-state index in [1.807, 2.05) is 18.2 Å². The molecule has 3 nitrogen and oxygen atoms in total. The highest BCUT2D eigenvalue weighted by atomic mass is 16.5. The van der Waals surface area contributed by atoms with E-state index in [9.17, 15) is 9.90 Å². The van der Waals surface area contributed by atoms with Crippen LogP contribution in [0.2, 0.25) is 0 Å². The molecule has 1 unspecified atom stereocenters. The normalized spacial score (nSPS) is 35.1. The van der Waals surface area contributed by atoms with E-state index >= 15 is 0 Å². The maximum absolute atomic E-state index is 12.3. The summed E-state index contributed by atoms with van der Waals surface area (Å²) in [5.41, 5.74) is 0.930. The fourth-order valence-electron chi connectivity index (χ4n) is 5.43. The molecule has 1 aromatic rings. The van der Waals surface area contributed by atoms with Gasteiger partial charge in [-0.15, -0.1) is 0 Å². The summed E-state index contributed by atoms with van der Waals surface area (Å²) in [6, 6.07) is 9.11. The lowest BCUT2D eigenvalue weighted by atomic mass is 9.48. The fourth-order valence-corrected chi connectivity index (χ4v) is 5.43. The highest BCUT2D eigenvalue weighted by Crippen LogP contribution is 2.59. The molecular weight excluding hydrogens is 300 g/mol. The summed E-state index contributed by atoms with van der Waals surface area (Å²) in [7, 11) is 0. The minimum atomic E-state index is -0.372. The van der Waals surface area contributed by atoms with Crippen molar-refractivity contribution in [3.63, 3.8) is 0 Å². The standard InChI is InChI=1S/C21H30O3/c1-20(2)12-7-13-21(3)16(17(22)10-11-18(20)21)14-24-19(23)15-8-5-4-6-9-15/h4-6,8-9,16-18,22H,7,10-14H2,1-3H3/t16-,17+,18?,21-/m1/s1. The van der Waals surface area contributed by atoms with Crippen LogP contribution in [0, 0.1) is 22.7 Å². The van der Waals surface area contributed by atoms with E-state index in [0.717, 1.165) is 19.3 Å². The summed E-state index contributed by atoms with van der Waals surface area (Å²) in [4.78, 5) is 12.3. The molecule has 1 aromatic carbocycles. The Balaban J connectivity index is 1.74. The number of rotatable bonds is 3. The topological polar surface area (TPSA) is 46.5 Å². The molecule has 0 bridgehead atoms. The monoisotopic (exact) mass is 330 g/mol. The maximum atomic E-state index is 12.3. The second-order valence-electron chi connectivity index (χ2n) is 8.62. The van der Waals surface area contributed by atoms with Crippen LogP contribution in [0.3, 0.4) is 0 Å². The minimum absolute atomic E-state index is 0.0310. The Morgan fingerprint density at radius 3 is 2.58 bits per heavy atom. The van der Waals surface area contributed by atoms with Crippen molar-refractivity contribution in [3.05, 3.63) is 35.9 Å². The second kappa shape index (κ2) is 6.51. The summed E-state index contributed by atoms with van der Waals surface area (Å²) in [5, 5.41) is 10.6. The summed E-state index contributed by atoms with van der Waals surface area (Å²) in [6.07, 6.45) is 5.08. The van der Waals surface area contributed by atoms with Crippen LogP contribution in [-0.4, -0.2) is 23.8 Å². The molecule has 0 amide bonds. The molecule has 4 atom stereocenters. The van der Waals surface area contributed by atoms with Gasteiger partial charge in [0.2, 0.25) is 0 Å². The molecule has 0 saturated heterocycles. The molecule has 2 fully saturated rings. The number of esters is 1. The van der Waals surface area contributed by atoms with Gasteiger partial charge in [-0.3, -0.25) is 0 Å². The van der Waals surface area contributed by atoms with E-state index in [2.05, 4.69) is 20.8 Å². The SMILES string of the molecule is CC1(C)CCC[C@@]2(C)C1CC[C@H](O)[C@H]2COC(=O)c1ccccc1. The van der Waals surface area contributed by atoms with Gasteiger partial charge in [0.05, 0.1) is 18.3 Å². The van der Waals surface area contributed by atoms with Gasteiger partial charge in [-0.05, 0) is 54.6 Å². The lowest BCUT2D eigenvalue weighted by molar-refractivity contribution is -0.137. The van der Waals surface area contributed by atoms with Crippen molar-refractivity contribution in [2.45, 2.75) is 59.0 Å². The fraction of sp³-hybridized carbons (Fsp3) is 0.667. The predicted octanol–water partition coefficient (Wildman–Crippen LogP) is 4.45. The van der Waals surface area contributed by atoms with Gasteiger partial charge in [-0.25, -0.2) is 4.79 Å². The van der Waals surface area contributed by atoms with Gasteiger partial charge in [-0.2, -0.15) is 0 Å². The van der Waals surface area contributed by atoms with E-state index in [0.29, 0.717) is 23.5 Å². The zero-order valence-electron chi connectivity index (χ0n) is 15.1. The summed E-state index contributed by atoms with van der Waals surface area (Å²) in [5.74, 6) is 0.328. The lowest BCUT2D eigenvalue weighted by Crippen LogP contribution is -2.54. The number of hydrogen-bond acceptors (Lipinski definition) is 3. The zero-order valence-corrected chi connectivity index (χ0v) is 15.1. The van der Waals surface area contributed by atoms with Gasteiger partial charge in [0.1, 0.15) is 0 Å². The van der Waals surface area contributed by atoms with Crippen LogP contribution in [0.4, 0.5) is 0 Å². The van der Waals surface area contributed by atoms with E-state index < -0.39 is 0 Å². The first-order valence-electron chi connectivity index (χ1n) is 9.25. The molecular formula is C21H30O3. The Bertz CT molecular complexity index is 580. The first-order valence-corrected chi connectivity index (χ1v) is 9.25. The lowest BCUT2D eigenvalue weighted by Gasteiger charge is -2.58. The highest BCUT2D eigenvalue weighted by molar-refractivity contribution is 5.89. The molecule has 2 aliphatic carbocycles. The van der Waals surface area contributed by atoms with E-state index in [1.54, 1.807) is 12.1 Å². The zero-order chi connectivity index (χ0) is 17.4. The van der Waals surface area contributed by atoms with Crippen LogP contribution in [-0.2, 0) is 4.74 Å². The van der Waals surface area contributed by atoms with Crippen molar-refractivity contribution < 1.29 is 14.6 Å². The van der Waals surface area contributed by atoms with Crippen molar-refractivity contribution in [1.82, 2.24) is 0 Å². The number of fused-ring (bicyclic) bond motifs is 1. The molecule has 1 N–H and O–H groups in total. The number of hydrogen-bond donors (Lipinski definition) is 1. The molecule has 3 rings (SSSR count). The number of aliphatic hydroxyl groups is 1. The molecule has 2 aliphatic rings. The quantitative estimate of drug-likeness (QED) is 0.833. The van der Waals surface area contributed by atoms with Gasteiger partial charge in [0.25, 0.3) is 0 Å². The van der Waals surface area contributed by atoms with Crippen LogP contribution < -0.4 is 0 Å². The Morgan fingerprint density at radius 1 is 1.17 bits per heavy atom. The van der Waals surface area contributed by atoms with Crippen molar-refractivity contribution in [1.29, 1.82) is 0 Å². The third kappa shape index (κ3) is 3.11. The van der Waals surface area contributed by atoms with Gasteiger partial charge < -0.3 is 9.84 Å². The van der Waals surface area contributed by atoms with Crippen LogP contribution in [0.1, 0.15) is 63.2 Å². The summed E-state index contributed by atoms with van der Waals surface area (Å²) >= 11 is 0. The van der Waals surface area contributed by atoms with Crippen LogP contribution in [0.15, 0.2) is 30.3 Å². The van der Waals surface area contributed by atoms with E-state index in [4.69, 9.17) is 4.74 Å². The number of carbonyl (C=O) groups is 1. The summed E-state index contributed by atoms with van der Waals surface area (Å²) < 4.78 is 5.62. The van der Waals surface area contributed by atoms with Gasteiger partial charge >= 0.3 is 5.97 Å². The number of carbonyl (C=O) groups excluding carboxylic acids is 1. The number of benzene rings is 1. The molecule has 0 radical (unpaired) electrons. The molecule has 2 saturated carbocycles. The molecule has 132 valence electrons. The molecule has 0 aromatic heterocycles. The number of aliphatic hydroxyl groups excluding tert-OH is 1. The van der Waals surface area contributed by atoms with Crippen molar-refractivity contribution in [2.75, 3.05) is 6.61 Å². The van der Waals surface area contributed by atoms with E-state index in [-0.39, 0.29) is 23.4 Å². The summed E-state index contributed by atoms with van der Waals surface area (Å²) in [6.45, 7) is 7.35. The molecule has 0 spiro atoms. The minimum Gasteiger partial charge on any atom is -0.462 e. The molecule has 0 heterocycles. The van der Waals surface area contributed by atoms with E-state index in [1.165, 1.54) is 12.8 Å². The van der Waals surface area contributed by atoms with Crippen LogP contribution in [0.25, 0.3) is 0 Å². The predicted molar refractivity (Wildman–Crippen MR) is 94.7 cm³/mol. The average molecular weight is 330 g/mol. The molecule has 3 heteroatoms. The van der Waals surface area contributed by atoms with Crippen LogP contribution >= 0.6 is 0 Å². The molecule has 24 heavy (non-hydrogen) atoms. The molecule has 0 aliphatic heterocycles. The first kappa shape index (κ1) is 17.5. The van der Waals surface area contributed by atoms with Crippen LogP contribution in [0.5, 0.6) is 0 Å².